The van der Waals surface area contributed by atoms with Crippen LogP contribution in [0, 0.1) is 5.82 Å². The summed E-state index contributed by atoms with van der Waals surface area (Å²) >= 11 is 0. The molecule has 4 nitrogen and oxygen atoms in total. The molecule has 1 amide bonds. The van der Waals surface area contributed by atoms with E-state index in [1.165, 1.54) is 11.8 Å². The molecule has 0 atom stereocenters. The van der Waals surface area contributed by atoms with Crippen LogP contribution in [0.15, 0.2) is 48.5 Å². The molecule has 2 aliphatic rings. The topological polar surface area (TPSA) is 26.8 Å². The Morgan fingerprint density at radius 1 is 0.966 bits per heavy atom. The summed E-state index contributed by atoms with van der Waals surface area (Å²) < 4.78 is 13.7. The minimum absolute atomic E-state index is 0.0701. The van der Waals surface area contributed by atoms with Crippen LogP contribution in [0.25, 0.3) is 0 Å². The Kier molecular flexibility index (Phi) is 5.74. The van der Waals surface area contributed by atoms with E-state index >= 15 is 0 Å². The molecule has 0 radical (unpaired) electrons. The van der Waals surface area contributed by atoms with Gasteiger partial charge in [-0.15, -0.1) is 0 Å². The SMILES string of the molecule is C[Si]1(C)CN(CCCN2CCN(c3ccccc3)CC2)C(=O)c2ccc(F)cc21. The molecule has 0 N–H and O–H groups in total. The molecule has 0 aliphatic carbocycles. The maximum Gasteiger partial charge on any atom is 0.253 e. The van der Waals surface area contributed by atoms with Gasteiger partial charge in [0.25, 0.3) is 5.91 Å². The first-order valence-corrected chi connectivity index (χ1v) is 13.8. The zero-order chi connectivity index (χ0) is 20.4. The van der Waals surface area contributed by atoms with Crippen LogP contribution in [-0.2, 0) is 0 Å². The number of anilines is 1. The summed E-state index contributed by atoms with van der Waals surface area (Å²) in [4.78, 5) is 19.8. The molecule has 6 heteroatoms. The molecule has 0 saturated carbocycles. The van der Waals surface area contributed by atoms with Crippen molar-refractivity contribution in [1.82, 2.24) is 9.80 Å². The van der Waals surface area contributed by atoms with Gasteiger partial charge >= 0.3 is 0 Å². The first-order valence-electron chi connectivity index (χ1n) is 10.6. The monoisotopic (exact) mass is 411 g/mol. The van der Waals surface area contributed by atoms with Gasteiger partial charge in [-0.1, -0.05) is 31.3 Å². The second kappa shape index (κ2) is 8.28. The van der Waals surface area contributed by atoms with E-state index in [0.717, 1.165) is 57.0 Å². The van der Waals surface area contributed by atoms with E-state index in [2.05, 4.69) is 53.2 Å². The van der Waals surface area contributed by atoms with Gasteiger partial charge in [-0.2, -0.15) is 0 Å². The molecular weight excluding hydrogens is 381 g/mol. The highest BCUT2D eigenvalue weighted by Gasteiger charge is 2.38. The van der Waals surface area contributed by atoms with E-state index in [-0.39, 0.29) is 11.7 Å². The van der Waals surface area contributed by atoms with Crippen LogP contribution in [0.5, 0.6) is 0 Å². The van der Waals surface area contributed by atoms with Crippen LogP contribution < -0.4 is 10.1 Å². The van der Waals surface area contributed by atoms with Gasteiger partial charge in [0.2, 0.25) is 0 Å². The Morgan fingerprint density at radius 2 is 1.69 bits per heavy atom. The number of hydrogen-bond donors (Lipinski definition) is 0. The third kappa shape index (κ3) is 4.38. The van der Waals surface area contributed by atoms with Crippen LogP contribution in [0.1, 0.15) is 16.8 Å². The van der Waals surface area contributed by atoms with Crippen LogP contribution in [0.2, 0.25) is 13.1 Å². The Morgan fingerprint density at radius 3 is 2.41 bits per heavy atom. The number of nitrogens with zero attached hydrogens (tertiary/aromatic N) is 3. The van der Waals surface area contributed by atoms with Crippen molar-refractivity contribution in [3.05, 3.63) is 59.9 Å². The number of piperazine rings is 1. The van der Waals surface area contributed by atoms with E-state index in [1.807, 2.05) is 4.90 Å². The molecule has 2 aliphatic heterocycles. The van der Waals surface area contributed by atoms with Crippen molar-refractivity contribution in [2.75, 3.05) is 50.3 Å². The lowest BCUT2D eigenvalue weighted by molar-refractivity contribution is 0.0769. The quantitative estimate of drug-likeness (QED) is 0.708. The predicted molar refractivity (Wildman–Crippen MR) is 119 cm³/mol. The third-order valence-corrected chi connectivity index (χ3v) is 9.25. The van der Waals surface area contributed by atoms with Gasteiger partial charge in [-0.25, -0.2) is 4.39 Å². The summed E-state index contributed by atoms with van der Waals surface area (Å²) in [5, 5.41) is 0.968. The zero-order valence-corrected chi connectivity index (χ0v) is 18.4. The van der Waals surface area contributed by atoms with Crippen molar-refractivity contribution in [3.63, 3.8) is 0 Å². The number of fused-ring (bicyclic) bond motifs is 1. The van der Waals surface area contributed by atoms with Gasteiger partial charge in [-0.05, 0) is 48.5 Å². The van der Waals surface area contributed by atoms with E-state index in [9.17, 15) is 9.18 Å². The number of amides is 1. The summed E-state index contributed by atoms with van der Waals surface area (Å²) in [7, 11) is -1.84. The lowest BCUT2D eigenvalue weighted by Crippen LogP contribution is -2.60. The van der Waals surface area contributed by atoms with Crippen molar-refractivity contribution < 1.29 is 9.18 Å². The summed E-state index contributed by atoms with van der Waals surface area (Å²) in [6, 6.07) is 15.3. The van der Waals surface area contributed by atoms with E-state index < -0.39 is 8.07 Å². The van der Waals surface area contributed by atoms with Gasteiger partial charge in [0.1, 0.15) is 13.9 Å². The fourth-order valence-corrected chi connectivity index (χ4v) is 7.48. The van der Waals surface area contributed by atoms with Gasteiger partial charge in [0.15, 0.2) is 0 Å². The molecule has 0 aromatic heterocycles. The highest BCUT2D eigenvalue weighted by Crippen LogP contribution is 2.20. The molecule has 2 heterocycles. The van der Waals surface area contributed by atoms with E-state index in [0.29, 0.717) is 5.56 Å². The first kappa shape index (κ1) is 20.1. The number of rotatable bonds is 5. The Balaban J connectivity index is 1.29. The first-order chi connectivity index (χ1) is 13.9. The normalized spacial score (nSPS) is 19.3. The Labute approximate surface area is 173 Å². The molecule has 1 fully saturated rings. The van der Waals surface area contributed by atoms with Gasteiger partial charge < -0.3 is 9.80 Å². The van der Waals surface area contributed by atoms with Crippen LogP contribution in [-0.4, -0.2) is 69.2 Å². The number of carbonyl (C=O) groups is 1. The van der Waals surface area contributed by atoms with Crippen molar-refractivity contribution in [3.8, 4) is 0 Å². The highest BCUT2D eigenvalue weighted by molar-refractivity contribution is 6.91. The van der Waals surface area contributed by atoms with Crippen LogP contribution in [0.4, 0.5) is 10.1 Å². The summed E-state index contributed by atoms with van der Waals surface area (Å²) in [5.41, 5.74) is 2.01. The van der Waals surface area contributed by atoms with Crippen molar-refractivity contribution in [1.29, 1.82) is 0 Å². The molecule has 2 aromatic rings. The molecular formula is C23H30FN3OSi. The second-order valence-corrected chi connectivity index (χ2v) is 13.4. The lowest BCUT2D eigenvalue weighted by Gasteiger charge is -2.39. The summed E-state index contributed by atoms with van der Waals surface area (Å²) in [5.74, 6) is -0.166. The minimum Gasteiger partial charge on any atom is -0.369 e. The fraction of sp³-hybridized carbons (Fsp3) is 0.435. The molecule has 4 rings (SSSR count). The Bertz CT molecular complexity index is 866. The summed E-state index contributed by atoms with van der Waals surface area (Å²) in [6.45, 7) is 10.5. The van der Waals surface area contributed by atoms with Crippen molar-refractivity contribution >= 4 is 24.9 Å². The minimum atomic E-state index is -1.84. The van der Waals surface area contributed by atoms with Gasteiger partial charge in [0, 0.05) is 50.1 Å². The maximum absolute atomic E-state index is 13.7. The molecule has 154 valence electrons. The van der Waals surface area contributed by atoms with Crippen LogP contribution >= 0.6 is 0 Å². The number of para-hydroxylation sites is 1. The number of benzene rings is 2. The smallest absolute Gasteiger partial charge is 0.253 e. The molecule has 1 saturated heterocycles. The molecule has 2 aromatic carbocycles. The van der Waals surface area contributed by atoms with Crippen molar-refractivity contribution in [2.45, 2.75) is 19.5 Å². The van der Waals surface area contributed by atoms with Gasteiger partial charge in [0.05, 0.1) is 0 Å². The highest BCUT2D eigenvalue weighted by atomic mass is 28.3. The number of halogens is 1. The van der Waals surface area contributed by atoms with Crippen LogP contribution in [0.3, 0.4) is 0 Å². The molecule has 0 unspecified atom stereocenters. The predicted octanol–water partition coefficient (Wildman–Crippen LogP) is 2.95. The average Bonchev–Trinajstić information content (AvgIpc) is 2.73. The zero-order valence-electron chi connectivity index (χ0n) is 17.4. The maximum atomic E-state index is 13.7. The molecule has 29 heavy (non-hydrogen) atoms. The Hall–Kier alpha value is -2.18. The van der Waals surface area contributed by atoms with E-state index in [4.69, 9.17) is 0 Å². The molecule has 0 spiro atoms. The second-order valence-electron chi connectivity index (χ2n) is 8.82. The standard InChI is InChI=1S/C23H30FN3OSi/c1-29(2)18-27(23(28)21-10-9-19(24)17-22(21)29)12-6-11-25-13-15-26(16-14-25)20-7-4-3-5-8-20/h3-5,7-10,17H,6,11-16,18H2,1-2H3. The van der Waals surface area contributed by atoms with E-state index in [1.54, 1.807) is 12.1 Å². The largest absolute Gasteiger partial charge is 0.369 e. The lowest BCUT2D eigenvalue weighted by atomic mass is 10.2. The average molecular weight is 412 g/mol. The fourth-order valence-electron chi connectivity index (χ4n) is 4.60. The third-order valence-electron chi connectivity index (χ3n) is 6.21. The molecule has 0 bridgehead atoms. The number of hydrogen-bond acceptors (Lipinski definition) is 3. The van der Waals surface area contributed by atoms with Crippen molar-refractivity contribution in [2.24, 2.45) is 0 Å². The number of carbonyl (C=O) groups excluding carboxylic acids is 1. The van der Waals surface area contributed by atoms with Gasteiger partial charge in [-0.3, -0.25) is 9.69 Å². The summed E-state index contributed by atoms with van der Waals surface area (Å²) in [6.07, 6.45) is 1.77.